The normalized spacial score (nSPS) is 17.6. The molecule has 9 nitrogen and oxygen atoms in total. The minimum atomic E-state index is -0.147. The lowest BCUT2D eigenvalue weighted by Crippen LogP contribution is -2.33. The molecule has 1 N–H and O–H groups in total. The van der Waals surface area contributed by atoms with E-state index in [1.807, 2.05) is 35.2 Å². The van der Waals surface area contributed by atoms with Crippen LogP contribution in [-0.2, 0) is 0 Å². The SMILES string of the molecule is O=C(Nc1ccc2c(c1)OCCO2)N1CC[C@@H](n2c(-c3ccoc3)nc3cccnc32)C1. The van der Waals surface area contributed by atoms with Gasteiger partial charge in [-0.2, -0.15) is 0 Å². The number of carbonyl (C=O) groups excluding carboxylic acids is 1. The first-order chi connectivity index (χ1) is 15.8. The molecule has 5 heterocycles. The number of imidazole rings is 1. The fraction of sp³-hybridized carbons (Fsp3) is 0.261. The Labute approximate surface area is 183 Å². The van der Waals surface area contributed by atoms with E-state index < -0.39 is 0 Å². The van der Waals surface area contributed by atoms with Crippen molar-refractivity contribution in [3.8, 4) is 22.9 Å². The Hall–Kier alpha value is -4.01. The van der Waals surface area contributed by atoms with E-state index in [0.29, 0.717) is 43.5 Å². The van der Waals surface area contributed by atoms with Gasteiger partial charge in [0.1, 0.15) is 30.8 Å². The fourth-order valence-corrected chi connectivity index (χ4v) is 4.33. The number of nitrogens with zero attached hydrogens (tertiary/aromatic N) is 4. The van der Waals surface area contributed by atoms with Gasteiger partial charge < -0.3 is 28.7 Å². The number of furan rings is 1. The van der Waals surface area contributed by atoms with Gasteiger partial charge in [0.25, 0.3) is 0 Å². The van der Waals surface area contributed by atoms with Crippen LogP contribution in [0.15, 0.2) is 59.5 Å². The summed E-state index contributed by atoms with van der Waals surface area (Å²) in [4.78, 5) is 24.1. The lowest BCUT2D eigenvalue weighted by atomic mass is 10.2. The standard InChI is InChI=1S/C23H21N5O4/c29-23(25-16-3-4-19-20(12-16)32-11-10-31-19)27-8-5-17(13-27)28-21(15-6-9-30-14-15)26-18-2-1-7-24-22(18)28/h1-4,6-7,9,12,14,17H,5,8,10-11,13H2,(H,25,29)/t17-/m1/s1. The molecular weight excluding hydrogens is 410 g/mol. The first kappa shape index (κ1) is 18.7. The van der Waals surface area contributed by atoms with Crippen LogP contribution in [0.25, 0.3) is 22.6 Å². The molecular formula is C23H21N5O4. The number of nitrogens with one attached hydrogen (secondary N) is 1. The highest BCUT2D eigenvalue weighted by molar-refractivity contribution is 5.90. The molecule has 0 unspecified atom stereocenters. The van der Waals surface area contributed by atoms with E-state index in [0.717, 1.165) is 29.0 Å². The Balaban J connectivity index is 1.24. The molecule has 0 saturated carbocycles. The molecule has 2 aliphatic heterocycles. The molecule has 3 aromatic heterocycles. The van der Waals surface area contributed by atoms with Gasteiger partial charge in [0.15, 0.2) is 17.1 Å². The average molecular weight is 431 g/mol. The van der Waals surface area contributed by atoms with Gasteiger partial charge >= 0.3 is 6.03 Å². The van der Waals surface area contributed by atoms with Crippen LogP contribution >= 0.6 is 0 Å². The second-order valence-corrected chi connectivity index (χ2v) is 7.84. The number of aromatic nitrogens is 3. The van der Waals surface area contributed by atoms with Crippen molar-refractivity contribution < 1.29 is 18.7 Å². The summed E-state index contributed by atoms with van der Waals surface area (Å²) in [6.07, 6.45) is 5.88. The molecule has 0 aliphatic carbocycles. The van der Waals surface area contributed by atoms with Gasteiger partial charge in [-0.3, -0.25) is 0 Å². The van der Waals surface area contributed by atoms with Crippen molar-refractivity contribution in [2.24, 2.45) is 0 Å². The van der Waals surface area contributed by atoms with Crippen molar-refractivity contribution in [3.63, 3.8) is 0 Å². The molecule has 0 radical (unpaired) electrons. The lowest BCUT2D eigenvalue weighted by Gasteiger charge is -2.21. The molecule has 9 heteroatoms. The summed E-state index contributed by atoms with van der Waals surface area (Å²) in [6, 6.07) is 11.1. The average Bonchev–Trinajstić information content (AvgIpc) is 3.58. The van der Waals surface area contributed by atoms with Gasteiger partial charge in [0.2, 0.25) is 0 Å². The maximum absolute atomic E-state index is 13.0. The van der Waals surface area contributed by atoms with Crippen LogP contribution in [0, 0.1) is 0 Å². The van der Waals surface area contributed by atoms with Gasteiger partial charge in [-0.05, 0) is 36.8 Å². The van der Waals surface area contributed by atoms with E-state index in [2.05, 4.69) is 14.9 Å². The van der Waals surface area contributed by atoms with E-state index in [-0.39, 0.29) is 12.1 Å². The van der Waals surface area contributed by atoms with Crippen LogP contribution in [0.4, 0.5) is 10.5 Å². The highest BCUT2D eigenvalue weighted by Crippen LogP contribution is 2.34. The molecule has 162 valence electrons. The Morgan fingerprint density at radius 2 is 2.03 bits per heavy atom. The molecule has 32 heavy (non-hydrogen) atoms. The smallest absolute Gasteiger partial charge is 0.321 e. The van der Waals surface area contributed by atoms with Crippen molar-refractivity contribution in [1.82, 2.24) is 19.4 Å². The Bertz CT molecular complexity index is 1280. The van der Waals surface area contributed by atoms with Crippen molar-refractivity contribution in [2.75, 3.05) is 31.6 Å². The Morgan fingerprint density at radius 3 is 2.91 bits per heavy atom. The summed E-state index contributed by atoms with van der Waals surface area (Å²) in [5, 5.41) is 2.98. The van der Waals surface area contributed by atoms with Crippen molar-refractivity contribution in [2.45, 2.75) is 12.5 Å². The zero-order valence-electron chi connectivity index (χ0n) is 17.2. The summed E-state index contributed by atoms with van der Waals surface area (Å²) in [6.45, 7) is 2.23. The van der Waals surface area contributed by atoms with Crippen LogP contribution in [0.3, 0.4) is 0 Å². The molecule has 1 aromatic carbocycles. The van der Waals surface area contributed by atoms with Gasteiger partial charge in [-0.25, -0.2) is 14.8 Å². The second kappa shape index (κ2) is 7.60. The van der Waals surface area contributed by atoms with E-state index in [9.17, 15) is 4.79 Å². The molecule has 6 rings (SSSR count). The lowest BCUT2D eigenvalue weighted by molar-refractivity contribution is 0.171. The number of ether oxygens (including phenoxy) is 2. The Kier molecular flexibility index (Phi) is 4.45. The van der Waals surface area contributed by atoms with Gasteiger partial charge in [-0.1, -0.05) is 0 Å². The van der Waals surface area contributed by atoms with E-state index in [1.165, 1.54) is 0 Å². The number of fused-ring (bicyclic) bond motifs is 2. The number of benzene rings is 1. The number of carbonyl (C=O) groups is 1. The first-order valence-electron chi connectivity index (χ1n) is 10.6. The van der Waals surface area contributed by atoms with Crippen molar-refractivity contribution in [1.29, 1.82) is 0 Å². The fourth-order valence-electron chi connectivity index (χ4n) is 4.33. The van der Waals surface area contributed by atoms with Crippen LogP contribution in [0.2, 0.25) is 0 Å². The number of likely N-dealkylation sites (tertiary alicyclic amines) is 1. The Morgan fingerprint density at radius 1 is 1.12 bits per heavy atom. The largest absolute Gasteiger partial charge is 0.486 e. The molecule has 1 atom stereocenters. The summed E-state index contributed by atoms with van der Waals surface area (Å²) < 4.78 is 18.6. The molecule has 2 amide bonds. The minimum absolute atomic E-state index is 0.0609. The van der Waals surface area contributed by atoms with Crippen LogP contribution in [0.1, 0.15) is 12.5 Å². The van der Waals surface area contributed by atoms with Gasteiger partial charge in [0.05, 0.1) is 17.9 Å². The van der Waals surface area contributed by atoms with Crippen molar-refractivity contribution in [3.05, 3.63) is 55.1 Å². The molecule has 4 aromatic rings. The topological polar surface area (TPSA) is 94.7 Å². The minimum Gasteiger partial charge on any atom is -0.486 e. The number of rotatable bonds is 3. The van der Waals surface area contributed by atoms with E-state index >= 15 is 0 Å². The summed E-state index contributed by atoms with van der Waals surface area (Å²) >= 11 is 0. The monoisotopic (exact) mass is 431 g/mol. The molecule has 0 spiro atoms. The number of anilines is 1. The molecule has 1 fully saturated rings. The first-order valence-corrected chi connectivity index (χ1v) is 10.6. The third kappa shape index (κ3) is 3.22. The third-order valence-electron chi connectivity index (χ3n) is 5.84. The van der Waals surface area contributed by atoms with Crippen LogP contribution in [-0.4, -0.2) is 51.8 Å². The van der Waals surface area contributed by atoms with Gasteiger partial charge in [0, 0.05) is 31.0 Å². The number of pyridine rings is 1. The second-order valence-electron chi connectivity index (χ2n) is 7.84. The predicted octanol–water partition coefficient (Wildman–Crippen LogP) is 3.94. The highest BCUT2D eigenvalue weighted by atomic mass is 16.6. The van der Waals surface area contributed by atoms with Crippen molar-refractivity contribution >= 4 is 22.9 Å². The summed E-state index contributed by atoms with van der Waals surface area (Å²) in [5.74, 6) is 2.14. The van der Waals surface area contributed by atoms with E-state index in [1.54, 1.807) is 24.8 Å². The molecule has 1 saturated heterocycles. The van der Waals surface area contributed by atoms with Crippen LogP contribution < -0.4 is 14.8 Å². The number of hydrogen-bond donors (Lipinski definition) is 1. The maximum Gasteiger partial charge on any atom is 0.321 e. The molecule has 2 aliphatic rings. The predicted molar refractivity (Wildman–Crippen MR) is 117 cm³/mol. The van der Waals surface area contributed by atoms with E-state index in [4.69, 9.17) is 18.9 Å². The number of urea groups is 1. The number of amides is 2. The highest BCUT2D eigenvalue weighted by Gasteiger charge is 2.31. The zero-order valence-corrected chi connectivity index (χ0v) is 17.2. The van der Waals surface area contributed by atoms with Crippen LogP contribution in [0.5, 0.6) is 11.5 Å². The summed E-state index contributed by atoms with van der Waals surface area (Å²) in [7, 11) is 0. The molecule has 0 bridgehead atoms. The van der Waals surface area contributed by atoms with Gasteiger partial charge in [-0.15, -0.1) is 0 Å². The summed E-state index contributed by atoms with van der Waals surface area (Å²) in [5.41, 5.74) is 3.20. The quantitative estimate of drug-likeness (QED) is 0.528. The zero-order chi connectivity index (χ0) is 21.5. The number of hydrogen-bond acceptors (Lipinski definition) is 6. The third-order valence-corrected chi connectivity index (χ3v) is 5.84. The maximum atomic E-state index is 13.0.